The number of carbonyl (C=O) groups excluding carboxylic acids is 1. The lowest BCUT2D eigenvalue weighted by Gasteiger charge is -2.29. The summed E-state index contributed by atoms with van der Waals surface area (Å²) in [5.41, 5.74) is 1.89. The second-order valence-corrected chi connectivity index (χ2v) is 9.71. The highest BCUT2D eigenvalue weighted by molar-refractivity contribution is 7.99. The van der Waals surface area contributed by atoms with Crippen LogP contribution in [-0.2, 0) is 9.59 Å². The summed E-state index contributed by atoms with van der Waals surface area (Å²) in [5.74, 6) is -1.19. The molecule has 7 heteroatoms. The normalized spacial score (nSPS) is 16.8. The lowest BCUT2D eigenvalue weighted by molar-refractivity contribution is -0.144. The van der Waals surface area contributed by atoms with Gasteiger partial charge in [-0.3, -0.25) is 9.59 Å². The first-order valence-corrected chi connectivity index (χ1v) is 11.8. The first kappa shape index (κ1) is 23.7. The minimum Gasteiger partial charge on any atom is -0.481 e. The third kappa shape index (κ3) is 5.85. The first-order chi connectivity index (χ1) is 14.8. The third-order valence-electron chi connectivity index (χ3n) is 5.33. The van der Waals surface area contributed by atoms with Crippen molar-refractivity contribution < 1.29 is 14.7 Å². The maximum absolute atomic E-state index is 12.5. The van der Waals surface area contributed by atoms with Crippen molar-refractivity contribution in [2.75, 3.05) is 13.1 Å². The smallest absolute Gasteiger partial charge is 0.308 e. The fourth-order valence-electron chi connectivity index (χ4n) is 3.57. The van der Waals surface area contributed by atoms with Crippen LogP contribution in [0.1, 0.15) is 43.7 Å². The average molecular weight is 478 g/mol. The second-order valence-electron chi connectivity index (χ2n) is 7.87. The minimum absolute atomic E-state index is 0.220. The van der Waals surface area contributed by atoms with Gasteiger partial charge >= 0.3 is 5.97 Å². The number of rotatable bonds is 6. The maximum Gasteiger partial charge on any atom is 0.308 e. The number of benzene rings is 2. The third-order valence-corrected chi connectivity index (χ3v) is 7.49. The number of piperidine rings is 1. The van der Waals surface area contributed by atoms with Gasteiger partial charge in [0, 0.05) is 29.0 Å². The van der Waals surface area contributed by atoms with Crippen molar-refractivity contribution in [1.82, 2.24) is 4.90 Å². The number of nitrogens with zero attached hydrogens (tertiary/aromatic N) is 1. The summed E-state index contributed by atoms with van der Waals surface area (Å²) < 4.78 is 0. The lowest BCUT2D eigenvalue weighted by Crippen LogP contribution is -2.41. The number of halogens is 2. The molecular weight excluding hydrogens is 453 g/mol. The second kappa shape index (κ2) is 10.6. The zero-order valence-corrected chi connectivity index (χ0v) is 19.8. The molecule has 1 aliphatic heterocycles. The summed E-state index contributed by atoms with van der Waals surface area (Å²) in [7, 11) is 0. The molecule has 2 aromatic rings. The Morgan fingerprint density at radius 3 is 2.58 bits per heavy atom. The van der Waals surface area contributed by atoms with E-state index in [0.717, 1.165) is 9.79 Å². The molecule has 1 unspecified atom stereocenters. The van der Waals surface area contributed by atoms with Crippen molar-refractivity contribution >= 4 is 52.9 Å². The Morgan fingerprint density at radius 1 is 1.13 bits per heavy atom. The Morgan fingerprint density at radius 2 is 1.87 bits per heavy atom. The molecular formula is C24H25Cl2NO3S. The highest BCUT2D eigenvalue weighted by Crippen LogP contribution is 2.41. The predicted octanol–water partition coefficient (Wildman–Crippen LogP) is 6.60. The van der Waals surface area contributed by atoms with Gasteiger partial charge < -0.3 is 10.0 Å². The van der Waals surface area contributed by atoms with Crippen LogP contribution in [0.2, 0.25) is 10.0 Å². The number of carboxylic acid groups (broad SMARTS) is 1. The molecule has 1 atom stereocenters. The minimum atomic E-state index is -0.858. The fourth-order valence-corrected chi connectivity index (χ4v) is 5.27. The van der Waals surface area contributed by atoms with E-state index in [4.69, 9.17) is 23.2 Å². The standard InChI is InChI=1S/C24H25Cl2NO3S/c1-15(2)18-7-3-4-8-19(18)31-20-11-9-16(22(25)23(20)26)10-12-21(28)27-13-5-6-17(14-27)24(29)30/h3-4,7-12,15,17H,5-6,13-14H2,1-2H3,(H,29,30)/b12-10+. The summed E-state index contributed by atoms with van der Waals surface area (Å²) in [6.07, 6.45) is 4.36. The average Bonchev–Trinajstić information content (AvgIpc) is 2.76. The van der Waals surface area contributed by atoms with E-state index in [1.807, 2.05) is 24.3 Å². The quantitative estimate of drug-likeness (QED) is 0.475. The summed E-state index contributed by atoms with van der Waals surface area (Å²) in [5, 5.41) is 10.0. The molecule has 1 N–H and O–H groups in total. The number of carbonyl (C=O) groups is 2. The molecule has 0 saturated carbocycles. The Hall–Kier alpha value is -1.95. The van der Waals surface area contributed by atoms with Gasteiger partial charge in [-0.05, 0) is 48.1 Å². The Bertz CT molecular complexity index is 1010. The zero-order valence-electron chi connectivity index (χ0n) is 17.5. The monoisotopic (exact) mass is 477 g/mol. The van der Waals surface area contributed by atoms with Gasteiger partial charge in [0.2, 0.25) is 5.91 Å². The lowest BCUT2D eigenvalue weighted by atomic mass is 9.98. The summed E-state index contributed by atoms with van der Waals surface area (Å²) in [6.45, 7) is 5.10. The molecule has 4 nitrogen and oxygen atoms in total. The maximum atomic E-state index is 12.5. The molecule has 1 heterocycles. The van der Waals surface area contributed by atoms with E-state index in [2.05, 4.69) is 26.0 Å². The summed E-state index contributed by atoms with van der Waals surface area (Å²) >= 11 is 14.6. The van der Waals surface area contributed by atoms with E-state index in [-0.39, 0.29) is 12.5 Å². The van der Waals surface area contributed by atoms with Crippen LogP contribution < -0.4 is 0 Å². The molecule has 1 aliphatic rings. The van der Waals surface area contributed by atoms with Gasteiger partial charge in [-0.1, -0.05) is 73.1 Å². The Labute approximate surface area is 197 Å². The van der Waals surface area contributed by atoms with Crippen LogP contribution in [0.4, 0.5) is 0 Å². The number of hydrogen-bond acceptors (Lipinski definition) is 3. The fraction of sp³-hybridized carbons (Fsp3) is 0.333. The first-order valence-electron chi connectivity index (χ1n) is 10.2. The molecule has 0 radical (unpaired) electrons. The van der Waals surface area contributed by atoms with E-state index >= 15 is 0 Å². The molecule has 1 saturated heterocycles. The number of hydrogen-bond donors (Lipinski definition) is 1. The van der Waals surface area contributed by atoms with E-state index in [0.29, 0.717) is 40.9 Å². The van der Waals surface area contributed by atoms with Crippen LogP contribution in [0.25, 0.3) is 6.08 Å². The molecule has 1 amide bonds. The number of carboxylic acids is 1. The van der Waals surface area contributed by atoms with Crippen molar-refractivity contribution in [3.8, 4) is 0 Å². The van der Waals surface area contributed by atoms with E-state index in [1.165, 1.54) is 11.6 Å². The van der Waals surface area contributed by atoms with Crippen LogP contribution >= 0.6 is 35.0 Å². The molecule has 2 aromatic carbocycles. The number of likely N-dealkylation sites (tertiary alicyclic amines) is 1. The van der Waals surface area contributed by atoms with Crippen LogP contribution in [0.3, 0.4) is 0 Å². The zero-order chi connectivity index (χ0) is 22.5. The van der Waals surface area contributed by atoms with Gasteiger partial charge in [-0.2, -0.15) is 0 Å². The predicted molar refractivity (Wildman–Crippen MR) is 127 cm³/mol. The summed E-state index contributed by atoms with van der Waals surface area (Å²) in [4.78, 5) is 27.3. The van der Waals surface area contributed by atoms with Crippen LogP contribution in [0.15, 0.2) is 52.3 Å². The van der Waals surface area contributed by atoms with Gasteiger partial charge in [-0.25, -0.2) is 0 Å². The van der Waals surface area contributed by atoms with Crippen molar-refractivity contribution in [2.45, 2.75) is 42.4 Å². The highest BCUT2D eigenvalue weighted by Gasteiger charge is 2.27. The molecule has 0 bridgehead atoms. The number of aliphatic carboxylic acids is 1. The van der Waals surface area contributed by atoms with Crippen LogP contribution in [-0.4, -0.2) is 35.0 Å². The van der Waals surface area contributed by atoms with Crippen LogP contribution in [0.5, 0.6) is 0 Å². The van der Waals surface area contributed by atoms with Crippen molar-refractivity contribution in [3.05, 3.63) is 63.6 Å². The van der Waals surface area contributed by atoms with E-state index in [1.54, 1.807) is 22.7 Å². The molecule has 0 aromatic heterocycles. The van der Waals surface area contributed by atoms with Crippen LogP contribution in [0, 0.1) is 5.92 Å². The van der Waals surface area contributed by atoms with Gasteiger partial charge in [0.1, 0.15) is 0 Å². The topological polar surface area (TPSA) is 57.6 Å². The van der Waals surface area contributed by atoms with Gasteiger partial charge in [0.25, 0.3) is 0 Å². The molecule has 3 rings (SSSR count). The molecule has 0 aliphatic carbocycles. The van der Waals surface area contributed by atoms with Crippen molar-refractivity contribution in [1.29, 1.82) is 0 Å². The van der Waals surface area contributed by atoms with Crippen molar-refractivity contribution in [3.63, 3.8) is 0 Å². The van der Waals surface area contributed by atoms with Crippen molar-refractivity contribution in [2.24, 2.45) is 5.92 Å². The van der Waals surface area contributed by atoms with E-state index in [9.17, 15) is 14.7 Å². The van der Waals surface area contributed by atoms with Gasteiger partial charge in [-0.15, -0.1) is 0 Å². The summed E-state index contributed by atoms with van der Waals surface area (Å²) in [6, 6.07) is 12.0. The largest absolute Gasteiger partial charge is 0.481 e. The van der Waals surface area contributed by atoms with Gasteiger partial charge in [0.05, 0.1) is 16.0 Å². The molecule has 0 spiro atoms. The van der Waals surface area contributed by atoms with E-state index < -0.39 is 11.9 Å². The highest BCUT2D eigenvalue weighted by atomic mass is 35.5. The Kier molecular flexibility index (Phi) is 8.09. The molecule has 1 fully saturated rings. The number of amides is 1. The SMILES string of the molecule is CC(C)c1ccccc1Sc1ccc(/C=C/C(=O)N2CCCC(C(=O)O)C2)c(Cl)c1Cl. The Balaban J connectivity index is 1.75. The van der Waals surface area contributed by atoms with Gasteiger partial charge in [0.15, 0.2) is 0 Å². The molecule has 31 heavy (non-hydrogen) atoms. The molecule has 164 valence electrons.